The number of nitrogens with one attached hydrogen (secondary N) is 1. The summed E-state index contributed by atoms with van der Waals surface area (Å²) in [4.78, 5) is 11.8. The van der Waals surface area contributed by atoms with Crippen LogP contribution in [0.2, 0.25) is 0 Å². The number of hydrogen-bond donors (Lipinski definition) is 1. The lowest BCUT2D eigenvalue weighted by atomic mass is 10.1. The Morgan fingerprint density at radius 1 is 0.238 bits per heavy atom. The summed E-state index contributed by atoms with van der Waals surface area (Å²) in [5.41, 5.74) is 16.4. The van der Waals surface area contributed by atoms with Gasteiger partial charge in [-0.25, -0.2) is 4.99 Å². The molecule has 84 heavy (non-hydrogen) atoms. The highest BCUT2D eigenvalue weighted by Gasteiger charge is 2.31. The minimum Gasteiger partial charge on any atom is -0.316 e. The third-order valence-electron chi connectivity index (χ3n) is 17.9. The van der Waals surface area contributed by atoms with Gasteiger partial charge < -0.3 is 23.6 Å². The van der Waals surface area contributed by atoms with Crippen molar-refractivity contribution in [3.8, 4) is 17.1 Å². The first kappa shape index (κ1) is 45.3. The van der Waals surface area contributed by atoms with Crippen molar-refractivity contribution in [1.29, 1.82) is 0 Å². The smallest absolute Gasteiger partial charge is 0.236 e. The van der Waals surface area contributed by atoms with E-state index >= 15 is 0 Å². The second-order valence-corrected chi connectivity index (χ2v) is 22.1. The molecule has 0 aliphatic carbocycles. The summed E-state index contributed by atoms with van der Waals surface area (Å²) in [5, 5.41) is 18.1. The lowest BCUT2D eigenvalue weighted by Crippen LogP contribution is -2.40. The predicted molar refractivity (Wildman–Crippen MR) is 349 cm³/mol. The molecule has 19 rings (SSSR count). The molecule has 12 aromatic carbocycles. The molecule has 7 heterocycles. The topological polar surface area (TPSA) is 66.3 Å². The van der Waals surface area contributed by atoms with Crippen molar-refractivity contribution in [2.24, 2.45) is 9.98 Å². The summed E-state index contributed by atoms with van der Waals surface area (Å²) in [6, 6.07) is 99.0. The van der Waals surface area contributed by atoms with Gasteiger partial charge in [-0.1, -0.05) is 182 Å². The Labute approximate surface area is 479 Å². The van der Waals surface area contributed by atoms with Gasteiger partial charge >= 0.3 is 0 Å². The Hall–Kier alpha value is -11.4. The molecule has 0 bridgehead atoms. The number of benzene rings is 12. The van der Waals surface area contributed by atoms with E-state index < -0.39 is 6.29 Å². The third-order valence-corrected chi connectivity index (χ3v) is 17.9. The number of hydrogen-bond acceptors (Lipinski definition) is 3. The van der Waals surface area contributed by atoms with Crippen molar-refractivity contribution >= 4 is 143 Å². The molecule has 392 valence electrons. The van der Waals surface area contributed by atoms with Crippen molar-refractivity contribution in [3.05, 3.63) is 273 Å². The van der Waals surface area contributed by atoms with Gasteiger partial charge in [-0.2, -0.15) is 4.99 Å². The zero-order chi connectivity index (χ0) is 54.7. The van der Waals surface area contributed by atoms with Gasteiger partial charge in [0.1, 0.15) is 0 Å². The van der Waals surface area contributed by atoms with Crippen LogP contribution in [0.25, 0.3) is 148 Å². The van der Waals surface area contributed by atoms with Gasteiger partial charge in [0.25, 0.3) is 0 Å². The fraction of sp³-hybridized carbons (Fsp3) is 0.0133. The predicted octanol–water partition coefficient (Wildman–Crippen LogP) is 18.2. The molecule has 0 saturated heterocycles. The molecular formula is C75H47N9. The Morgan fingerprint density at radius 3 is 0.905 bits per heavy atom. The largest absolute Gasteiger partial charge is 0.316 e. The average Bonchev–Trinajstić information content (AvgIpc) is 4.58. The Bertz CT molecular complexity index is 5770. The number of aliphatic imine (C=N–C) groups is 2. The first-order valence-corrected chi connectivity index (χ1v) is 28.7. The maximum absolute atomic E-state index is 5.91. The second kappa shape index (κ2) is 17.1. The van der Waals surface area contributed by atoms with Gasteiger partial charge in [0, 0.05) is 64.6 Å². The summed E-state index contributed by atoms with van der Waals surface area (Å²) in [6.07, 6.45) is -0.684. The Kier molecular flexibility index (Phi) is 9.20. The maximum Gasteiger partial charge on any atom is 0.236 e. The van der Waals surface area contributed by atoms with Crippen LogP contribution in [0.5, 0.6) is 0 Å². The number of fused-ring (bicyclic) bond motifs is 18. The zero-order valence-corrected chi connectivity index (χ0v) is 45.1. The van der Waals surface area contributed by atoms with E-state index in [1.165, 1.54) is 32.3 Å². The number of aromatic nitrogens is 6. The van der Waals surface area contributed by atoms with Crippen LogP contribution in [-0.4, -0.2) is 39.3 Å². The van der Waals surface area contributed by atoms with Crippen molar-refractivity contribution in [3.63, 3.8) is 0 Å². The molecule has 0 amide bonds. The van der Waals surface area contributed by atoms with Crippen LogP contribution < -0.4 is 5.32 Å². The second-order valence-electron chi connectivity index (χ2n) is 22.1. The van der Waals surface area contributed by atoms with Gasteiger partial charge in [-0.15, -0.1) is 0 Å². The number of nitrogens with zero attached hydrogens (tertiary/aromatic N) is 8. The number of para-hydroxylation sites is 9. The molecule has 0 radical (unpaired) electrons. The molecule has 6 aromatic heterocycles. The van der Waals surface area contributed by atoms with E-state index in [0.717, 1.165) is 116 Å². The molecule has 1 aliphatic rings. The molecule has 1 aliphatic heterocycles. The van der Waals surface area contributed by atoms with Crippen LogP contribution in [0.1, 0.15) is 6.29 Å². The lowest BCUT2D eigenvalue weighted by molar-refractivity contribution is 0.506. The molecule has 9 heteroatoms. The van der Waals surface area contributed by atoms with Crippen LogP contribution >= 0.6 is 0 Å². The Balaban J connectivity index is 0.910. The van der Waals surface area contributed by atoms with Gasteiger partial charge in [0.15, 0.2) is 0 Å². The zero-order valence-electron chi connectivity index (χ0n) is 45.1. The van der Waals surface area contributed by atoms with Crippen LogP contribution in [0.15, 0.2) is 283 Å². The van der Waals surface area contributed by atoms with Gasteiger partial charge in [-0.05, 0) is 91.0 Å². The highest BCUT2D eigenvalue weighted by Crippen LogP contribution is 2.44. The summed E-state index contributed by atoms with van der Waals surface area (Å²) < 4.78 is 14.3. The van der Waals surface area contributed by atoms with E-state index in [4.69, 9.17) is 9.98 Å². The highest BCUT2D eigenvalue weighted by molar-refractivity contribution is 6.24. The van der Waals surface area contributed by atoms with Gasteiger partial charge in [0.05, 0.1) is 83.3 Å². The van der Waals surface area contributed by atoms with Crippen LogP contribution in [-0.2, 0) is 0 Å². The maximum atomic E-state index is 5.91. The van der Waals surface area contributed by atoms with E-state index in [1.54, 1.807) is 0 Å². The van der Waals surface area contributed by atoms with E-state index in [0.29, 0.717) is 11.9 Å². The normalized spacial score (nSPS) is 14.1. The summed E-state index contributed by atoms with van der Waals surface area (Å²) in [6.45, 7) is 0. The van der Waals surface area contributed by atoms with E-state index in [9.17, 15) is 0 Å². The van der Waals surface area contributed by atoms with Crippen LogP contribution in [0.4, 0.5) is 0 Å². The van der Waals surface area contributed by atoms with Gasteiger partial charge in [0.2, 0.25) is 18.2 Å². The van der Waals surface area contributed by atoms with Crippen molar-refractivity contribution < 1.29 is 0 Å². The lowest BCUT2D eigenvalue weighted by Gasteiger charge is -2.27. The highest BCUT2D eigenvalue weighted by atomic mass is 15.4. The molecule has 1 atom stereocenters. The van der Waals surface area contributed by atoms with Crippen molar-refractivity contribution in [1.82, 2.24) is 32.7 Å². The molecular weight excluding hydrogens is 1030 g/mol. The van der Waals surface area contributed by atoms with Crippen molar-refractivity contribution in [2.45, 2.75) is 6.29 Å². The van der Waals surface area contributed by atoms with Gasteiger partial charge in [-0.3, -0.25) is 9.13 Å². The van der Waals surface area contributed by atoms with Crippen LogP contribution in [0, 0.1) is 0 Å². The van der Waals surface area contributed by atoms with E-state index in [2.05, 4.69) is 306 Å². The Morgan fingerprint density at radius 2 is 0.512 bits per heavy atom. The molecule has 0 saturated carbocycles. The molecule has 1 N–H and O–H groups in total. The monoisotopic (exact) mass is 1070 g/mol. The van der Waals surface area contributed by atoms with Crippen molar-refractivity contribution in [2.75, 3.05) is 0 Å². The van der Waals surface area contributed by atoms with Crippen LogP contribution in [0.3, 0.4) is 0 Å². The average molecular weight is 1070 g/mol. The SMILES string of the molecule is c1ccc2c(c1)c1c(-n3c4ccccc4c4ccccc43)cccc1n2C1=NC(n2c3ccccc3c3c(-n4c5ccccc5c5ccccc54)cccc32)NC(n2c3ccccc3c3c(-n4c5ccccc5c5ccccc54)cccc32)=N1. The standard InChI is InChI=1S/C75H47N9/c1-10-31-55-46(22-1)47-23-2-11-32-56(47)79(55)64-40-19-43-67-70(64)52-28-7-16-37-61(52)82(67)73-76-74(83-62-38-17-8-29-53(62)71-65(41-20-44-68(71)83)80-57-33-12-3-24-48(57)49-25-4-13-34-58(49)80)78-75(77-73)84-63-39-18-9-30-54(63)72-66(42-21-45-69(72)84)81-59-35-14-5-26-50(59)51-27-6-15-36-60(51)81/h1-45,73H,(H,76,77,78). The minimum absolute atomic E-state index is 0.563. The minimum atomic E-state index is -0.684. The summed E-state index contributed by atoms with van der Waals surface area (Å²) in [7, 11) is 0. The van der Waals surface area contributed by atoms with E-state index in [1.807, 2.05) is 0 Å². The first-order valence-electron chi connectivity index (χ1n) is 28.7. The van der Waals surface area contributed by atoms with E-state index in [-0.39, 0.29) is 0 Å². The molecule has 18 aromatic rings. The fourth-order valence-electron chi connectivity index (χ4n) is 14.6. The molecule has 9 nitrogen and oxygen atoms in total. The fourth-order valence-corrected chi connectivity index (χ4v) is 14.6. The molecule has 0 fully saturated rings. The molecule has 1 unspecified atom stereocenters. The summed E-state index contributed by atoms with van der Waals surface area (Å²) in [5.74, 6) is 1.22. The quantitative estimate of drug-likeness (QED) is 0.187. The molecule has 0 spiro atoms. The summed E-state index contributed by atoms with van der Waals surface area (Å²) >= 11 is 0. The number of rotatable bonds is 4. The first-order chi connectivity index (χ1) is 41.7. The third kappa shape index (κ3) is 6.05.